The van der Waals surface area contributed by atoms with Gasteiger partial charge in [0.1, 0.15) is 5.71 Å². The summed E-state index contributed by atoms with van der Waals surface area (Å²) in [4.78, 5) is 0. The van der Waals surface area contributed by atoms with Crippen molar-refractivity contribution in [3.63, 3.8) is 0 Å². The Bertz CT molecular complexity index is 860. The lowest BCUT2D eigenvalue weighted by Crippen LogP contribution is -2.25. The molecule has 0 bridgehead atoms. The number of rotatable bonds is 5. The number of amidine groups is 1. The molecule has 2 aromatic rings. The second kappa shape index (κ2) is 7.42. The molecule has 0 fully saturated rings. The molecule has 5 nitrogen and oxygen atoms in total. The molecule has 0 aromatic heterocycles. The van der Waals surface area contributed by atoms with Crippen molar-refractivity contribution in [1.82, 2.24) is 5.01 Å². The van der Waals surface area contributed by atoms with E-state index in [0.717, 1.165) is 5.56 Å². The van der Waals surface area contributed by atoms with Crippen LogP contribution in [0.4, 0.5) is 0 Å². The summed E-state index contributed by atoms with van der Waals surface area (Å²) in [6, 6.07) is 18.6. The zero-order valence-corrected chi connectivity index (χ0v) is 14.2. The third kappa shape index (κ3) is 3.38. The molecule has 1 heterocycles. The summed E-state index contributed by atoms with van der Waals surface area (Å²) in [7, 11) is 0. The number of aliphatic hydroxyl groups is 1. The third-order valence-corrected chi connectivity index (χ3v) is 4.19. The number of hydrogen-bond donors (Lipinski definition) is 3. The lowest BCUT2D eigenvalue weighted by Gasteiger charge is -2.13. The molecule has 2 aromatic carbocycles. The number of benzene rings is 2. The van der Waals surface area contributed by atoms with Crippen LogP contribution in [0.1, 0.15) is 11.1 Å². The topological polar surface area (TPSA) is 83.5 Å². The van der Waals surface area contributed by atoms with Crippen LogP contribution in [0.15, 0.2) is 76.4 Å². The van der Waals surface area contributed by atoms with E-state index >= 15 is 0 Å². The molecule has 6 heteroatoms. The van der Waals surface area contributed by atoms with Gasteiger partial charge in [0.05, 0.1) is 29.5 Å². The van der Waals surface area contributed by atoms with Gasteiger partial charge in [-0.15, -0.1) is 0 Å². The van der Waals surface area contributed by atoms with Gasteiger partial charge in [0.25, 0.3) is 0 Å². The van der Waals surface area contributed by atoms with Gasteiger partial charge >= 0.3 is 0 Å². The molecule has 126 valence electrons. The van der Waals surface area contributed by atoms with Crippen molar-refractivity contribution in [2.24, 2.45) is 5.10 Å². The van der Waals surface area contributed by atoms with Crippen molar-refractivity contribution < 1.29 is 5.11 Å². The van der Waals surface area contributed by atoms with Crippen molar-refractivity contribution in [1.29, 1.82) is 10.8 Å². The summed E-state index contributed by atoms with van der Waals surface area (Å²) in [6.45, 7) is 0.0660. The van der Waals surface area contributed by atoms with E-state index in [1.54, 1.807) is 12.1 Å². The van der Waals surface area contributed by atoms with Crippen LogP contribution in [-0.4, -0.2) is 40.5 Å². The molecular weight excluding hydrogens is 336 g/mol. The highest BCUT2D eigenvalue weighted by Gasteiger charge is 2.31. The maximum Gasteiger partial charge on any atom is 0.152 e. The maximum absolute atomic E-state index is 9.21. The zero-order chi connectivity index (χ0) is 17.8. The van der Waals surface area contributed by atoms with E-state index in [9.17, 15) is 5.11 Å². The SMILES string of the molecule is N=C(/C(Cl)=C1\C(=N)N(CCO)N=C1c1ccccc1)c1ccccc1. The molecule has 0 saturated heterocycles. The molecule has 0 atom stereocenters. The molecule has 0 spiro atoms. The molecule has 0 radical (unpaired) electrons. The Kier molecular flexibility index (Phi) is 5.07. The first kappa shape index (κ1) is 17.1. The van der Waals surface area contributed by atoms with Crippen LogP contribution in [0.5, 0.6) is 0 Å². The molecule has 0 saturated carbocycles. The normalized spacial score (nSPS) is 16.0. The van der Waals surface area contributed by atoms with Gasteiger partial charge < -0.3 is 5.11 Å². The van der Waals surface area contributed by atoms with Crippen LogP contribution < -0.4 is 0 Å². The number of nitrogens with zero attached hydrogens (tertiary/aromatic N) is 2. The Labute approximate surface area is 150 Å². The van der Waals surface area contributed by atoms with Gasteiger partial charge in [-0.2, -0.15) is 5.10 Å². The van der Waals surface area contributed by atoms with Crippen LogP contribution >= 0.6 is 11.6 Å². The highest BCUT2D eigenvalue weighted by atomic mass is 35.5. The van der Waals surface area contributed by atoms with E-state index in [1.807, 2.05) is 48.5 Å². The molecule has 1 aliphatic heterocycles. The fourth-order valence-electron chi connectivity index (χ4n) is 2.58. The fourth-order valence-corrected chi connectivity index (χ4v) is 2.87. The summed E-state index contributed by atoms with van der Waals surface area (Å²) in [6.07, 6.45) is 0. The molecule has 0 unspecified atom stereocenters. The Morgan fingerprint density at radius 2 is 1.64 bits per heavy atom. The standard InChI is InChI=1S/C19H17ClN4O/c20-16(17(21)13-7-3-1-4-8-13)15-18(14-9-5-2-6-10-14)23-24(11-12-25)19(15)22/h1-10,21-22,25H,11-12H2/b16-15+,21-17?,22-19?. The Morgan fingerprint density at radius 3 is 2.24 bits per heavy atom. The van der Waals surface area contributed by atoms with Crippen LogP contribution in [0.2, 0.25) is 0 Å². The van der Waals surface area contributed by atoms with Crippen molar-refractivity contribution in [3.05, 3.63) is 82.4 Å². The van der Waals surface area contributed by atoms with Gasteiger partial charge in [-0.3, -0.25) is 10.8 Å². The first-order valence-corrected chi connectivity index (χ1v) is 8.17. The zero-order valence-electron chi connectivity index (χ0n) is 13.4. The van der Waals surface area contributed by atoms with E-state index < -0.39 is 0 Å². The van der Waals surface area contributed by atoms with Gasteiger partial charge in [-0.05, 0) is 0 Å². The summed E-state index contributed by atoms with van der Waals surface area (Å²) in [5.41, 5.74) is 2.54. The van der Waals surface area contributed by atoms with Crippen LogP contribution in [0.25, 0.3) is 0 Å². The highest BCUT2D eigenvalue weighted by Crippen LogP contribution is 2.27. The highest BCUT2D eigenvalue weighted by molar-refractivity contribution is 6.52. The maximum atomic E-state index is 9.21. The molecule has 3 rings (SSSR count). The van der Waals surface area contributed by atoms with Crippen molar-refractivity contribution >= 4 is 28.9 Å². The number of β-amino-alcohol motifs (C(OH)–C–C–N with tert-alkyl or cyclic N) is 1. The molecule has 1 aliphatic rings. The minimum atomic E-state index is -0.130. The van der Waals surface area contributed by atoms with Crippen LogP contribution in [0, 0.1) is 10.8 Å². The molecule has 25 heavy (non-hydrogen) atoms. The third-order valence-electron chi connectivity index (χ3n) is 3.81. The predicted octanol–water partition coefficient (Wildman–Crippen LogP) is 3.24. The minimum Gasteiger partial charge on any atom is -0.394 e. The van der Waals surface area contributed by atoms with Crippen molar-refractivity contribution in [2.75, 3.05) is 13.2 Å². The van der Waals surface area contributed by atoms with Gasteiger partial charge in [-0.1, -0.05) is 72.3 Å². The second-order valence-corrected chi connectivity index (χ2v) is 5.82. The van der Waals surface area contributed by atoms with E-state index in [1.165, 1.54) is 5.01 Å². The van der Waals surface area contributed by atoms with Crippen LogP contribution in [0.3, 0.4) is 0 Å². The lowest BCUT2D eigenvalue weighted by molar-refractivity contribution is 0.254. The first-order chi connectivity index (χ1) is 12.1. The van der Waals surface area contributed by atoms with E-state index in [2.05, 4.69) is 5.10 Å². The lowest BCUT2D eigenvalue weighted by atomic mass is 9.99. The number of hydrogen-bond acceptors (Lipinski definition) is 4. The Hall–Kier alpha value is -2.76. The van der Waals surface area contributed by atoms with E-state index in [-0.39, 0.29) is 29.7 Å². The molecule has 3 N–H and O–H groups in total. The largest absolute Gasteiger partial charge is 0.394 e. The summed E-state index contributed by atoms with van der Waals surface area (Å²) >= 11 is 6.52. The average Bonchev–Trinajstić information content (AvgIpc) is 2.99. The Morgan fingerprint density at radius 1 is 1.04 bits per heavy atom. The van der Waals surface area contributed by atoms with Crippen molar-refractivity contribution in [3.8, 4) is 0 Å². The predicted molar refractivity (Wildman–Crippen MR) is 101 cm³/mol. The van der Waals surface area contributed by atoms with Gasteiger partial charge in [0.2, 0.25) is 0 Å². The number of nitrogens with one attached hydrogen (secondary N) is 2. The summed E-state index contributed by atoms with van der Waals surface area (Å²) in [5.74, 6) is 0.0820. The van der Waals surface area contributed by atoms with Crippen LogP contribution in [-0.2, 0) is 0 Å². The minimum absolute atomic E-state index is 0.0820. The van der Waals surface area contributed by atoms with Crippen molar-refractivity contribution in [2.45, 2.75) is 0 Å². The van der Waals surface area contributed by atoms with Gasteiger partial charge in [-0.25, -0.2) is 5.01 Å². The summed E-state index contributed by atoms with van der Waals surface area (Å²) in [5, 5.41) is 32.0. The first-order valence-electron chi connectivity index (χ1n) is 7.79. The summed E-state index contributed by atoms with van der Waals surface area (Å²) < 4.78 is 0. The number of allylic oxidation sites excluding steroid dienone is 1. The number of halogens is 1. The molecule has 0 amide bonds. The van der Waals surface area contributed by atoms with Gasteiger partial charge in [0, 0.05) is 11.1 Å². The molecule has 0 aliphatic carbocycles. The monoisotopic (exact) mass is 352 g/mol. The quantitative estimate of drug-likeness (QED) is 0.722. The smallest absolute Gasteiger partial charge is 0.152 e. The number of hydrazone groups is 1. The van der Waals surface area contributed by atoms with E-state index in [4.69, 9.17) is 22.4 Å². The molecular formula is C19H17ClN4O. The van der Waals surface area contributed by atoms with E-state index in [0.29, 0.717) is 16.8 Å². The fraction of sp³-hybridized carbons (Fsp3) is 0.105. The second-order valence-electron chi connectivity index (χ2n) is 5.44. The average molecular weight is 353 g/mol. The number of aliphatic hydroxyl groups excluding tert-OH is 1. The Balaban J connectivity index is 2.09. The van der Waals surface area contributed by atoms with Gasteiger partial charge in [0.15, 0.2) is 5.84 Å².